The van der Waals surface area contributed by atoms with Crippen molar-refractivity contribution in [2.45, 2.75) is 6.36 Å². The van der Waals surface area contributed by atoms with Gasteiger partial charge in [-0.1, -0.05) is 18.2 Å². The number of hydrogen-bond donors (Lipinski definition) is 1. The van der Waals surface area contributed by atoms with Gasteiger partial charge < -0.3 is 9.64 Å². The van der Waals surface area contributed by atoms with Gasteiger partial charge in [-0.15, -0.1) is 13.2 Å². The molecule has 0 aromatic heterocycles. The summed E-state index contributed by atoms with van der Waals surface area (Å²) in [5.41, 5.74) is 2.33. The third kappa shape index (κ3) is 3.24. The number of anilines is 1. The van der Waals surface area contributed by atoms with Gasteiger partial charge in [-0.05, 0) is 30.3 Å². The third-order valence-electron chi connectivity index (χ3n) is 3.69. The van der Waals surface area contributed by atoms with Crippen LogP contribution >= 0.6 is 0 Å². The number of hydrogen-bond acceptors (Lipinski definition) is 2. The Morgan fingerprint density at radius 1 is 1.12 bits per heavy atom. The normalized spacial score (nSPS) is 14.8. The molecule has 7 heteroatoms. The smallest absolute Gasteiger partial charge is 0.406 e. The molecule has 1 amide bonds. The minimum absolute atomic E-state index is 0.0465. The van der Waals surface area contributed by atoms with E-state index in [9.17, 15) is 18.0 Å². The number of alkyl halides is 3. The maximum atomic E-state index is 12.5. The van der Waals surface area contributed by atoms with Crippen molar-refractivity contribution in [3.05, 3.63) is 59.7 Å². The van der Waals surface area contributed by atoms with E-state index in [2.05, 4.69) is 9.73 Å². The summed E-state index contributed by atoms with van der Waals surface area (Å²) in [7, 11) is 1.58. The predicted molar refractivity (Wildman–Crippen MR) is 82.0 cm³/mol. The van der Waals surface area contributed by atoms with E-state index in [-0.39, 0.29) is 18.2 Å². The molecule has 1 aliphatic rings. The minimum atomic E-state index is -4.78. The Labute approximate surface area is 136 Å². The average Bonchev–Trinajstić information content (AvgIpc) is 2.65. The molecule has 2 aromatic rings. The number of nitrogens with zero attached hydrogens (tertiary/aromatic N) is 1. The summed E-state index contributed by atoms with van der Waals surface area (Å²) in [5, 5.41) is 0. The zero-order chi connectivity index (χ0) is 17.3. The van der Waals surface area contributed by atoms with Crippen LogP contribution in [0.3, 0.4) is 0 Å². The maximum absolute atomic E-state index is 12.5. The summed E-state index contributed by atoms with van der Waals surface area (Å²) in [5.74, 6) is -0.522. The number of halogens is 3. The number of amides is 1. The topological polar surface area (TPSA) is 43.5 Å². The zero-order valence-corrected chi connectivity index (χ0v) is 12.7. The van der Waals surface area contributed by atoms with E-state index in [1.54, 1.807) is 7.05 Å². The first-order valence-electron chi connectivity index (χ1n) is 7.18. The van der Waals surface area contributed by atoms with Crippen LogP contribution in [0.1, 0.15) is 11.1 Å². The minimum Gasteiger partial charge on any atom is -0.406 e. The van der Waals surface area contributed by atoms with Crippen LogP contribution in [0, 0.1) is 0 Å². The van der Waals surface area contributed by atoms with Crippen LogP contribution in [0.2, 0.25) is 0 Å². The average molecular weight is 335 g/mol. The van der Waals surface area contributed by atoms with Crippen molar-refractivity contribution in [1.29, 1.82) is 0 Å². The molecule has 3 rings (SSSR count). The van der Waals surface area contributed by atoms with Crippen LogP contribution < -0.4 is 14.6 Å². The molecular weight excluding hydrogens is 321 g/mol. The van der Waals surface area contributed by atoms with Crippen LogP contribution in [-0.4, -0.2) is 31.6 Å². The molecule has 0 radical (unpaired) electrons. The lowest BCUT2D eigenvalue weighted by Gasteiger charge is -2.17. The largest absolute Gasteiger partial charge is 0.573 e. The van der Waals surface area contributed by atoms with Crippen molar-refractivity contribution >= 4 is 17.3 Å². The molecule has 1 N–H and O–H groups in total. The molecule has 0 unspecified atom stereocenters. The molecule has 0 saturated carbocycles. The van der Waals surface area contributed by atoms with E-state index in [0.29, 0.717) is 17.0 Å². The Bertz CT molecular complexity index is 801. The fourth-order valence-corrected chi connectivity index (χ4v) is 2.58. The fourth-order valence-electron chi connectivity index (χ4n) is 2.58. The van der Waals surface area contributed by atoms with Crippen LogP contribution in [0.25, 0.3) is 0 Å². The maximum Gasteiger partial charge on any atom is 0.573 e. The van der Waals surface area contributed by atoms with Crippen LogP contribution in [0.5, 0.6) is 5.75 Å². The molecule has 0 spiro atoms. The highest BCUT2D eigenvalue weighted by atomic mass is 19.4. The van der Waals surface area contributed by atoms with Gasteiger partial charge in [0.15, 0.2) is 0 Å². The molecule has 0 bridgehead atoms. The molecule has 0 fully saturated rings. The SMILES string of the molecule is CN1C(=O)C[NH+]=C(c2ccccc2)c2cc(OC(F)(F)F)ccc21. The fraction of sp³-hybridized carbons (Fsp3) is 0.176. The van der Waals surface area contributed by atoms with Gasteiger partial charge in [0.05, 0.1) is 11.3 Å². The molecule has 1 heterocycles. The van der Waals surface area contributed by atoms with Gasteiger partial charge in [0.2, 0.25) is 12.3 Å². The van der Waals surface area contributed by atoms with Crippen molar-refractivity contribution in [2.24, 2.45) is 0 Å². The van der Waals surface area contributed by atoms with Crippen LogP contribution in [0.4, 0.5) is 18.9 Å². The lowest BCUT2D eigenvalue weighted by Crippen LogP contribution is -2.75. The summed E-state index contributed by atoms with van der Waals surface area (Å²) < 4.78 is 41.5. The van der Waals surface area contributed by atoms with Crippen molar-refractivity contribution in [2.75, 3.05) is 18.5 Å². The first-order valence-corrected chi connectivity index (χ1v) is 7.18. The van der Waals surface area contributed by atoms with E-state index >= 15 is 0 Å². The Balaban J connectivity index is 2.14. The second-order valence-electron chi connectivity index (χ2n) is 5.27. The number of benzodiazepines with no additional fused rings is 1. The molecule has 124 valence electrons. The Morgan fingerprint density at radius 2 is 1.83 bits per heavy atom. The molecule has 0 aliphatic carbocycles. The van der Waals surface area contributed by atoms with Crippen LogP contribution in [0.15, 0.2) is 48.5 Å². The molecular formula is C17H14F3N2O2+. The summed E-state index contributed by atoms with van der Waals surface area (Å²) in [6.07, 6.45) is -4.78. The second kappa shape index (κ2) is 5.99. The van der Waals surface area contributed by atoms with Gasteiger partial charge in [-0.2, -0.15) is 0 Å². The predicted octanol–water partition coefficient (Wildman–Crippen LogP) is 1.48. The van der Waals surface area contributed by atoms with Crippen molar-refractivity contribution < 1.29 is 27.7 Å². The zero-order valence-electron chi connectivity index (χ0n) is 12.7. The number of carbonyl (C=O) groups is 1. The number of fused-ring (bicyclic) bond motifs is 1. The highest BCUT2D eigenvalue weighted by Crippen LogP contribution is 2.30. The highest BCUT2D eigenvalue weighted by molar-refractivity contribution is 6.15. The molecule has 24 heavy (non-hydrogen) atoms. The van der Waals surface area contributed by atoms with E-state index < -0.39 is 6.36 Å². The van der Waals surface area contributed by atoms with E-state index in [1.165, 1.54) is 23.1 Å². The van der Waals surface area contributed by atoms with Crippen molar-refractivity contribution in [3.8, 4) is 5.75 Å². The quantitative estimate of drug-likeness (QED) is 0.903. The van der Waals surface area contributed by atoms with Crippen LogP contribution in [-0.2, 0) is 4.79 Å². The lowest BCUT2D eigenvalue weighted by atomic mass is 10.00. The number of rotatable bonds is 2. The summed E-state index contributed by atoms with van der Waals surface area (Å²) in [6, 6.07) is 13.0. The summed E-state index contributed by atoms with van der Waals surface area (Å²) in [6.45, 7) is 0.0465. The third-order valence-corrected chi connectivity index (χ3v) is 3.69. The number of ether oxygens (including phenoxy) is 1. The van der Waals surface area contributed by atoms with E-state index in [1.807, 2.05) is 30.3 Å². The molecule has 0 atom stereocenters. The summed E-state index contributed by atoms with van der Waals surface area (Å²) >= 11 is 0. The first-order chi connectivity index (χ1) is 11.3. The Hall–Kier alpha value is -2.83. The standard InChI is InChI=1S/C17H13F3N2O2/c1-22-14-8-7-12(24-17(18,19)20)9-13(14)16(21-10-15(22)23)11-5-3-2-4-6-11/h2-9H,10H2,1H3/p+1. The monoisotopic (exact) mass is 335 g/mol. The number of likely N-dealkylation sites (N-methyl/N-ethyl adjacent to an activating group) is 1. The van der Waals surface area contributed by atoms with Crippen molar-refractivity contribution in [1.82, 2.24) is 0 Å². The Kier molecular flexibility index (Phi) is 4.01. The van der Waals surface area contributed by atoms with Gasteiger partial charge in [0.1, 0.15) is 5.75 Å². The Morgan fingerprint density at radius 3 is 2.50 bits per heavy atom. The first kappa shape index (κ1) is 16.0. The number of nitrogens with one attached hydrogen (secondary N) is 1. The van der Waals surface area contributed by atoms with Gasteiger partial charge in [0.25, 0.3) is 5.91 Å². The highest BCUT2D eigenvalue weighted by Gasteiger charge is 2.33. The molecule has 2 aromatic carbocycles. The molecule has 4 nitrogen and oxygen atoms in total. The van der Waals surface area contributed by atoms with E-state index in [4.69, 9.17) is 0 Å². The molecule has 1 aliphatic heterocycles. The van der Waals surface area contributed by atoms with Crippen molar-refractivity contribution in [3.63, 3.8) is 0 Å². The number of benzene rings is 2. The van der Waals surface area contributed by atoms with E-state index in [0.717, 1.165) is 5.56 Å². The lowest BCUT2D eigenvalue weighted by molar-refractivity contribution is -0.442. The van der Waals surface area contributed by atoms with Gasteiger partial charge in [-0.3, -0.25) is 4.79 Å². The van der Waals surface area contributed by atoms with Gasteiger partial charge in [-0.25, -0.2) is 4.99 Å². The summed E-state index contributed by atoms with van der Waals surface area (Å²) in [4.78, 5) is 16.5. The molecule has 0 saturated heterocycles. The second-order valence-corrected chi connectivity index (χ2v) is 5.27. The van der Waals surface area contributed by atoms with Gasteiger partial charge in [0, 0.05) is 12.6 Å². The number of carbonyl (C=O) groups excluding carboxylic acids is 1. The van der Waals surface area contributed by atoms with Gasteiger partial charge >= 0.3 is 6.36 Å².